The number of hydrogen-bond donors (Lipinski definition) is 2. The molecule has 0 bridgehead atoms. The Morgan fingerprint density at radius 1 is 1.17 bits per heavy atom. The topological polar surface area (TPSA) is 131 Å². The van der Waals surface area contributed by atoms with Crippen molar-refractivity contribution in [1.29, 1.82) is 0 Å². The summed E-state index contributed by atoms with van der Waals surface area (Å²) >= 11 is 1.25. The Morgan fingerprint density at radius 3 is 2.83 bits per heavy atom. The molecule has 2 aromatic carbocycles. The van der Waals surface area contributed by atoms with Crippen LogP contribution in [0.25, 0.3) is 0 Å². The van der Waals surface area contributed by atoms with Crippen LogP contribution >= 0.6 is 11.8 Å². The van der Waals surface area contributed by atoms with Gasteiger partial charge in [0.2, 0.25) is 18.6 Å². The maximum atomic E-state index is 13.6. The number of benzene rings is 2. The fraction of sp³-hybridized carbons (Fsp3) is 0.414. The number of rotatable bonds is 12. The highest BCUT2D eigenvalue weighted by Crippen LogP contribution is 2.36. The molecule has 41 heavy (non-hydrogen) atoms. The van der Waals surface area contributed by atoms with Crippen molar-refractivity contribution in [3.05, 3.63) is 53.6 Å². The molecular weight excluding hydrogens is 546 g/mol. The molecule has 0 radical (unpaired) electrons. The second-order valence-corrected chi connectivity index (χ2v) is 10.9. The first kappa shape index (κ1) is 28.6. The third-order valence-corrected chi connectivity index (χ3v) is 8.17. The van der Waals surface area contributed by atoms with E-state index in [-0.39, 0.29) is 37.4 Å². The average molecular weight is 580 g/mol. The number of fused-ring (bicyclic) bond motifs is 4. The van der Waals surface area contributed by atoms with E-state index in [0.717, 1.165) is 11.1 Å². The number of aliphatic imine (C=N–C) groups is 2. The average Bonchev–Trinajstić information content (AvgIpc) is 3.59. The summed E-state index contributed by atoms with van der Waals surface area (Å²) in [5.41, 5.74) is 2.33. The molecule has 2 aromatic rings. The van der Waals surface area contributed by atoms with E-state index >= 15 is 0 Å². The lowest BCUT2D eigenvalue weighted by molar-refractivity contribution is -0.125. The summed E-state index contributed by atoms with van der Waals surface area (Å²) in [5.74, 6) is 1.30. The van der Waals surface area contributed by atoms with E-state index in [1.54, 1.807) is 7.11 Å². The summed E-state index contributed by atoms with van der Waals surface area (Å²) in [6.45, 7) is 3.52. The van der Waals surface area contributed by atoms with Crippen molar-refractivity contribution in [1.82, 2.24) is 15.5 Å². The summed E-state index contributed by atoms with van der Waals surface area (Å²) < 4.78 is 15.8. The van der Waals surface area contributed by atoms with Crippen LogP contribution in [-0.2, 0) is 25.7 Å². The van der Waals surface area contributed by atoms with E-state index in [1.165, 1.54) is 16.7 Å². The molecule has 3 heterocycles. The SMILES string of the molecule is CCC(SC1=Nc2ccccc2C2=NC(CCC(=O)NCc3ccc4c(c3)OCO4)C(=O)N12)C(=O)NCCCOC. The molecule has 0 saturated heterocycles. The van der Waals surface area contributed by atoms with Gasteiger partial charge in [0.25, 0.3) is 5.91 Å². The fourth-order valence-corrected chi connectivity index (χ4v) is 5.71. The molecule has 0 spiro atoms. The van der Waals surface area contributed by atoms with Gasteiger partial charge in [0.05, 0.1) is 10.9 Å². The minimum Gasteiger partial charge on any atom is -0.454 e. The highest BCUT2D eigenvalue weighted by molar-refractivity contribution is 8.15. The Kier molecular flexibility index (Phi) is 9.20. The summed E-state index contributed by atoms with van der Waals surface area (Å²) in [7, 11) is 1.62. The molecule has 216 valence electrons. The molecule has 0 saturated carbocycles. The molecule has 3 amide bonds. The summed E-state index contributed by atoms with van der Waals surface area (Å²) in [6.07, 6.45) is 1.66. The number of carbonyl (C=O) groups is 3. The van der Waals surface area contributed by atoms with Crippen LogP contribution in [0, 0.1) is 0 Å². The zero-order chi connectivity index (χ0) is 28.8. The smallest absolute Gasteiger partial charge is 0.259 e. The van der Waals surface area contributed by atoms with Gasteiger partial charge in [0.15, 0.2) is 16.7 Å². The maximum absolute atomic E-state index is 13.6. The Balaban J connectivity index is 1.23. The molecule has 2 atom stereocenters. The Bertz CT molecular complexity index is 1380. The Morgan fingerprint density at radius 2 is 2.00 bits per heavy atom. The molecule has 2 unspecified atom stereocenters. The van der Waals surface area contributed by atoms with E-state index in [4.69, 9.17) is 24.2 Å². The maximum Gasteiger partial charge on any atom is 0.259 e. The van der Waals surface area contributed by atoms with E-state index in [2.05, 4.69) is 10.6 Å². The molecule has 12 heteroatoms. The van der Waals surface area contributed by atoms with Crippen molar-refractivity contribution in [2.24, 2.45) is 9.98 Å². The molecule has 5 rings (SSSR count). The normalized spacial score (nSPS) is 17.4. The van der Waals surface area contributed by atoms with E-state index in [0.29, 0.717) is 60.7 Å². The standard InChI is InChI=1S/C29H33N5O6S/c1-3-24(27(36)30-13-6-14-38-2)41-29-33-20-8-5-4-7-19(20)26-32-21(28(37)34(26)29)10-12-25(35)31-16-18-9-11-22-23(15-18)40-17-39-22/h4-5,7-9,11,15,21,24H,3,6,10,12-14,16-17H2,1-2H3,(H,30,36)(H,31,35). The van der Waals surface area contributed by atoms with Gasteiger partial charge in [-0.05, 0) is 49.1 Å². The van der Waals surface area contributed by atoms with Crippen LogP contribution in [0.1, 0.15) is 43.7 Å². The van der Waals surface area contributed by atoms with Gasteiger partial charge in [-0.2, -0.15) is 0 Å². The highest BCUT2D eigenvalue weighted by atomic mass is 32.2. The number of amides is 3. The van der Waals surface area contributed by atoms with Crippen LogP contribution in [-0.4, -0.2) is 72.0 Å². The monoisotopic (exact) mass is 579 g/mol. The quantitative estimate of drug-likeness (QED) is 0.370. The first-order chi connectivity index (χ1) is 20.0. The van der Waals surface area contributed by atoms with Gasteiger partial charge < -0.3 is 24.8 Å². The summed E-state index contributed by atoms with van der Waals surface area (Å²) in [5, 5.41) is 5.82. The first-order valence-corrected chi connectivity index (χ1v) is 14.5. The molecule has 2 N–H and O–H groups in total. The number of amidine groups is 2. The van der Waals surface area contributed by atoms with E-state index in [9.17, 15) is 14.4 Å². The van der Waals surface area contributed by atoms with Crippen molar-refractivity contribution in [2.75, 3.05) is 27.1 Å². The summed E-state index contributed by atoms with van der Waals surface area (Å²) in [4.78, 5) is 50.1. The number of nitrogens with one attached hydrogen (secondary N) is 2. The highest BCUT2D eigenvalue weighted by Gasteiger charge is 2.42. The minimum absolute atomic E-state index is 0.115. The third kappa shape index (κ3) is 6.54. The van der Waals surface area contributed by atoms with Crippen molar-refractivity contribution in [3.63, 3.8) is 0 Å². The number of ether oxygens (including phenoxy) is 3. The van der Waals surface area contributed by atoms with Crippen molar-refractivity contribution in [2.45, 2.75) is 50.4 Å². The van der Waals surface area contributed by atoms with Gasteiger partial charge >= 0.3 is 0 Å². The van der Waals surface area contributed by atoms with Gasteiger partial charge in [-0.25, -0.2) is 9.89 Å². The minimum atomic E-state index is -0.721. The first-order valence-electron chi connectivity index (χ1n) is 13.7. The molecule has 11 nitrogen and oxygen atoms in total. The molecular formula is C29H33N5O6S. The van der Waals surface area contributed by atoms with Crippen LogP contribution < -0.4 is 20.1 Å². The number of thioether (sulfide) groups is 1. The number of methoxy groups -OCH3 is 1. The number of nitrogens with zero attached hydrogens (tertiary/aromatic N) is 3. The van der Waals surface area contributed by atoms with Crippen LogP contribution in [0.15, 0.2) is 52.4 Å². The van der Waals surface area contributed by atoms with Gasteiger partial charge in [-0.1, -0.05) is 36.9 Å². The molecule has 3 aliphatic rings. The predicted octanol–water partition coefficient (Wildman–Crippen LogP) is 3.13. The van der Waals surface area contributed by atoms with E-state index < -0.39 is 11.3 Å². The second kappa shape index (κ2) is 13.2. The van der Waals surface area contributed by atoms with Crippen LogP contribution in [0.2, 0.25) is 0 Å². The van der Waals surface area contributed by atoms with Gasteiger partial charge in [0.1, 0.15) is 11.9 Å². The zero-order valence-corrected chi connectivity index (χ0v) is 23.9. The predicted molar refractivity (Wildman–Crippen MR) is 156 cm³/mol. The molecule has 0 fully saturated rings. The number of para-hydroxylation sites is 1. The van der Waals surface area contributed by atoms with Crippen LogP contribution in [0.5, 0.6) is 11.5 Å². The lowest BCUT2D eigenvalue weighted by Gasteiger charge is -2.27. The molecule has 3 aliphatic heterocycles. The van der Waals surface area contributed by atoms with Crippen LogP contribution in [0.3, 0.4) is 0 Å². The fourth-order valence-electron chi connectivity index (χ4n) is 4.67. The van der Waals surface area contributed by atoms with Gasteiger partial charge in [-0.15, -0.1) is 0 Å². The Labute approximate surface area is 242 Å². The van der Waals surface area contributed by atoms with Crippen molar-refractivity contribution in [3.8, 4) is 11.5 Å². The number of hydrogen-bond acceptors (Lipinski definition) is 9. The Hall–Kier alpha value is -3.90. The molecule has 0 aliphatic carbocycles. The van der Waals surface area contributed by atoms with Crippen LogP contribution in [0.4, 0.5) is 5.69 Å². The van der Waals surface area contributed by atoms with E-state index in [1.807, 2.05) is 49.4 Å². The van der Waals surface area contributed by atoms with Gasteiger partial charge in [-0.3, -0.25) is 19.4 Å². The van der Waals surface area contributed by atoms with Gasteiger partial charge in [0, 0.05) is 38.8 Å². The summed E-state index contributed by atoms with van der Waals surface area (Å²) in [6, 6.07) is 12.3. The zero-order valence-electron chi connectivity index (χ0n) is 23.1. The lowest BCUT2D eigenvalue weighted by Crippen LogP contribution is -2.43. The number of carbonyl (C=O) groups excluding carboxylic acids is 3. The second-order valence-electron chi connectivity index (χ2n) is 9.71. The van der Waals surface area contributed by atoms with Crippen molar-refractivity contribution < 1.29 is 28.6 Å². The largest absolute Gasteiger partial charge is 0.454 e. The third-order valence-electron chi connectivity index (χ3n) is 6.85. The van der Waals surface area contributed by atoms with Crippen molar-refractivity contribution >= 4 is 46.2 Å². The molecule has 0 aromatic heterocycles. The lowest BCUT2D eigenvalue weighted by atomic mass is 10.1.